The second-order valence-corrected chi connectivity index (χ2v) is 11.4. The maximum absolute atomic E-state index is 13.3. The lowest BCUT2D eigenvalue weighted by Crippen LogP contribution is -2.58. The van der Waals surface area contributed by atoms with Crippen molar-refractivity contribution >= 4 is 27.6 Å². The first-order valence-electron chi connectivity index (χ1n) is 11.1. The summed E-state index contributed by atoms with van der Waals surface area (Å²) in [7, 11) is -3.59. The van der Waals surface area contributed by atoms with Gasteiger partial charge in [-0.3, -0.25) is 4.90 Å². The van der Waals surface area contributed by atoms with Gasteiger partial charge in [0.05, 0.1) is 4.90 Å². The summed E-state index contributed by atoms with van der Waals surface area (Å²) >= 11 is 0. The van der Waals surface area contributed by atoms with Gasteiger partial charge in [0.1, 0.15) is 5.66 Å². The molecule has 1 spiro atoms. The molecular weight excluding hydrogens is 412 g/mol. The van der Waals surface area contributed by atoms with Crippen LogP contribution in [-0.4, -0.2) is 43.4 Å². The Bertz CT molecular complexity index is 921. The van der Waals surface area contributed by atoms with Gasteiger partial charge in [0.15, 0.2) is 0 Å². The van der Waals surface area contributed by atoms with Gasteiger partial charge in [-0.1, -0.05) is 34.1 Å². The predicted molar refractivity (Wildman–Crippen MR) is 126 cm³/mol. The van der Waals surface area contributed by atoms with Gasteiger partial charge in [-0.2, -0.15) is 9.30 Å². The van der Waals surface area contributed by atoms with Crippen LogP contribution in [0.1, 0.15) is 59.8 Å². The van der Waals surface area contributed by atoms with E-state index >= 15 is 0 Å². The molecule has 0 radical (unpaired) electrons. The smallest absolute Gasteiger partial charge is 0.243 e. The number of nitrogens with two attached hydrogens (primary N) is 2. The van der Waals surface area contributed by atoms with Gasteiger partial charge < -0.3 is 11.5 Å². The Morgan fingerprint density at radius 2 is 1.55 bits per heavy atom. The highest BCUT2D eigenvalue weighted by Gasteiger charge is 2.42. The number of nitrogens with zero attached hydrogens (tertiary/aromatic N) is 4. The summed E-state index contributed by atoms with van der Waals surface area (Å²) in [4.78, 5) is 11.0. The SMILES string of the molecule is CC(C)CN(CC(C)C)S(=O)(=O)c1ccc(N2C(N)=NC(N)=NC23CCCCC3)cc1. The zero-order chi connectivity index (χ0) is 22.8. The molecule has 0 unspecified atom stereocenters. The van der Waals surface area contributed by atoms with Gasteiger partial charge in [0, 0.05) is 18.8 Å². The van der Waals surface area contributed by atoms with E-state index < -0.39 is 15.7 Å². The molecule has 1 heterocycles. The third-order valence-electron chi connectivity index (χ3n) is 5.72. The average Bonchev–Trinajstić information content (AvgIpc) is 2.67. The minimum Gasteiger partial charge on any atom is -0.369 e. The van der Waals surface area contributed by atoms with Crippen LogP contribution in [0.25, 0.3) is 0 Å². The Balaban J connectivity index is 1.93. The number of aliphatic imine (C=N–C) groups is 2. The van der Waals surface area contributed by atoms with Crippen molar-refractivity contribution in [3.05, 3.63) is 24.3 Å². The van der Waals surface area contributed by atoms with E-state index in [1.807, 2.05) is 32.6 Å². The third-order valence-corrected chi connectivity index (χ3v) is 7.57. The fourth-order valence-corrected chi connectivity index (χ4v) is 6.26. The molecule has 31 heavy (non-hydrogen) atoms. The minimum absolute atomic E-state index is 0.202. The van der Waals surface area contributed by atoms with Crippen molar-refractivity contribution in [1.82, 2.24) is 4.31 Å². The molecule has 3 rings (SSSR count). The molecule has 2 aliphatic rings. The topological polar surface area (TPSA) is 117 Å². The molecule has 9 heteroatoms. The van der Waals surface area contributed by atoms with Crippen LogP contribution in [0.2, 0.25) is 0 Å². The second kappa shape index (κ2) is 9.16. The normalized spacial score (nSPS) is 19.3. The maximum atomic E-state index is 13.3. The Morgan fingerprint density at radius 1 is 1.00 bits per heavy atom. The second-order valence-electron chi connectivity index (χ2n) is 9.42. The molecule has 172 valence electrons. The number of benzene rings is 1. The van der Waals surface area contributed by atoms with Gasteiger partial charge in [-0.05, 0) is 61.8 Å². The first kappa shape index (κ1) is 23.5. The first-order chi connectivity index (χ1) is 14.5. The van der Waals surface area contributed by atoms with Crippen molar-refractivity contribution in [2.75, 3.05) is 18.0 Å². The van der Waals surface area contributed by atoms with Crippen molar-refractivity contribution in [3.63, 3.8) is 0 Å². The Kier molecular flexibility index (Phi) is 6.95. The van der Waals surface area contributed by atoms with E-state index in [0.29, 0.717) is 19.0 Å². The number of rotatable bonds is 7. The van der Waals surface area contributed by atoms with E-state index in [0.717, 1.165) is 37.8 Å². The zero-order valence-corrected chi connectivity index (χ0v) is 19.9. The highest BCUT2D eigenvalue weighted by molar-refractivity contribution is 7.89. The van der Waals surface area contributed by atoms with Crippen LogP contribution in [0.5, 0.6) is 0 Å². The van der Waals surface area contributed by atoms with Crippen LogP contribution < -0.4 is 16.4 Å². The maximum Gasteiger partial charge on any atom is 0.243 e. The van der Waals surface area contributed by atoms with Gasteiger partial charge in [-0.25, -0.2) is 13.4 Å². The van der Waals surface area contributed by atoms with Crippen molar-refractivity contribution < 1.29 is 8.42 Å². The quantitative estimate of drug-likeness (QED) is 0.665. The lowest BCUT2D eigenvalue weighted by atomic mass is 9.87. The zero-order valence-electron chi connectivity index (χ0n) is 19.1. The van der Waals surface area contributed by atoms with Crippen LogP contribution in [0, 0.1) is 11.8 Å². The minimum atomic E-state index is -3.59. The highest BCUT2D eigenvalue weighted by atomic mass is 32.2. The van der Waals surface area contributed by atoms with E-state index in [1.54, 1.807) is 28.6 Å². The van der Waals surface area contributed by atoms with Gasteiger partial charge in [0.25, 0.3) is 0 Å². The van der Waals surface area contributed by atoms with Crippen LogP contribution in [-0.2, 0) is 10.0 Å². The number of anilines is 1. The summed E-state index contributed by atoms with van der Waals surface area (Å²) in [6.07, 6.45) is 4.89. The summed E-state index contributed by atoms with van der Waals surface area (Å²) in [5.74, 6) is 0.984. The average molecular weight is 449 g/mol. The summed E-state index contributed by atoms with van der Waals surface area (Å²) in [6.45, 7) is 9.09. The molecule has 0 amide bonds. The summed E-state index contributed by atoms with van der Waals surface area (Å²) in [5, 5.41) is 0. The van der Waals surface area contributed by atoms with Crippen molar-refractivity contribution in [1.29, 1.82) is 0 Å². The van der Waals surface area contributed by atoms with Crippen LogP contribution in [0.15, 0.2) is 39.1 Å². The molecule has 1 aliphatic heterocycles. The molecule has 0 aromatic heterocycles. The lowest BCUT2D eigenvalue weighted by Gasteiger charge is -2.45. The Hall–Kier alpha value is -2.13. The molecule has 0 saturated heterocycles. The molecule has 0 atom stereocenters. The largest absolute Gasteiger partial charge is 0.369 e. The summed E-state index contributed by atoms with van der Waals surface area (Å²) in [6, 6.07) is 6.91. The number of hydrogen-bond donors (Lipinski definition) is 2. The molecule has 1 aromatic rings. The number of hydrogen-bond acceptors (Lipinski definition) is 7. The molecule has 4 N–H and O–H groups in total. The van der Waals surface area contributed by atoms with Crippen molar-refractivity contribution in [3.8, 4) is 0 Å². The molecule has 1 aliphatic carbocycles. The third kappa shape index (κ3) is 5.03. The van der Waals surface area contributed by atoms with E-state index in [9.17, 15) is 8.42 Å². The van der Waals surface area contributed by atoms with Crippen molar-refractivity contribution in [2.45, 2.75) is 70.4 Å². The van der Waals surface area contributed by atoms with Crippen LogP contribution >= 0.6 is 0 Å². The summed E-state index contributed by atoms with van der Waals surface area (Å²) in [5.41, 5.74) is 12.4. The fraction of sp³-hybridized carbons (Fsp3) is 0.636. The standard InChI is InChI=1S/C22H36N6O2S/c1-16(2)14-27(15-17(3)4)31(29,30)19-10-8-18(9-11-19)28-21(24)25-20(23)26-22(28)12-6-5-7-13-22/h8-11,16-17H,5-7,12-15H2,1-4H3,(H4,23,24,25,26). The molecule has 1 fully saturated rings. The molecule has 1 aromatic carbocycles. The number of sulfonamides is 1. The van der Waals surface area contributed by atoms with Crippen LogP contribution in [0.4, 0.5) is 5.69 Å². The van der Waals surface area contributed by atoms with E-state index in [2.05, 4.69) is 9.98 Å². The molecule has 1 saturated carbocycles. The van der Waals surface area contributed by atoms with E-state index in [-0.39, 0.29) is 22.7 Å². The summed E-state index contributed by atoms with van der Waals surface area (Å²) < 4.78 is 28.2. The predicted octanol–water partition coefficient (Wildman–Crippen LogP) is 3.10. The monoisotopic (exact) mass is 448 g/mol. The lowest BCUT2D eigenvalue weighted by molar-refractivity contribution is 0.305. The molecule has 8 nitrogen and oxygen atoms in total. The van der Waals surface area contributed by atoms with Gasteiger partial charge in [-0.15, -0.1) is 0 Å². The van der Waals surface area contributed by atoms with E-state index in [4.69, 9.17) is 11.5 Å². The Morgan fingerprint density at radius 3 is 2.06 bits per heavy atom. The van der Waals surface area contributed by atoms with Crippen LogP contribution in [0.3, 0.4) is 0 Å². The van der Waals surface area contributed by atoms with Gasteiger partial charge >= 0.3 is 0 Å². The van der Waals surface area contributed by atoms with Crippen molar-refractivity contribution in [2.24, 2.45) is 33.3 Å². The number of guanidine groups is 2. The highest BCUT2D eigenvalue weighted by Crippen LogP contribution is 2.39. The fourth-order valence-electron chi connectivity index (χ4n) is 4.50. The first-order valence-corrected chi connectivity index (χ1v) is 12.6. The van der Waals surface area contributed by atoms with Gasteiger partial charge in [0.2, 0.25) is 21.9 Å². The molecule has 0 bridgehead atoms. The Labute approximate surface area is 186 Å². The van der Waals surface area contributed by atoms with E-state index in [1.165, 1.54) is 0 Å². The molecular formula is C22H36N6O2S.